The van der Waals surface area contributed by atoms with E-state index in [1.165, 1.54) is 11.0 Å². The van der Waals surface area contributed by atoms with Gasteiger partial charge >= 0.3 is 6.18 Å². The smallest absolute Gasteiger partial charge is 0.419 e. The van der Waals surface area contributed by atoms with E-state index in [0.29, 0.717) is 30.0 Å². The molecule has 2 heterocycles. The second-order valence-electron chi connectivity index (χ2n) is 8.43. The highest BCUT2D eigenvalue weighted by Crippen LogP contribution is 2.50. The number of hydrogen-bond acceptors (Lipinski definition) is 5. The van der Waals surface area contributed by atoms with Crippen LogP contribution in [0.4, 0.5) is 24.5 Å². The van der Waals surface area contributed by atoms with Crippen LogP contribution in [0, 0.1) is 11.3 Å². The van der Waals surface area contributed by atoms with E-state index in [2.05, 4.69) is 4.98 Å². The lowest BCUT2D eigenvalue weighted by Gasteiger charge is -2.46. The van der Waals surface area contributed by atoms with Gasteiger partial charge in [0.15, 0.2) is 17.0 Å². The lowest BCUT2D eigenvalue weighted by atomic mass is 9.74. The van der Waals surface area contributed by atoms with Crippen LogP contribution in [-0.4, -0.2) is 27.0 Å². The van der Waals surface area contributed by atoms with Crippen LogP contribution in [0.25, 0.3) is 0 Å². The number of benzene rings is 2. The largest absolute Gasteiger partial charge is 0.457 e. The highest BCUT2D eigenvalue weighted by Gasteiger charge is 2.59. The van der Waals surface area contributed by atoms with Gasteiger partial charge in [0.2, 0.25) is 0 Å². The summed E-state index contributed by atoms with van der Waals surface area (Å²) < 4.78 is 46.6. The molecule has 0 bridgehead atoms. The summed E-state index contributed by atoms with van der Waals surface area (Å²) in [5.41, 5.74) is -2.08. The SMILES string of the molecule is N#Cc1ncc(N2C(=S)N(c3cccc(Oc4ccccc4)c3)C3(CCC3)C2O)cc1C(F)(F)F. The lowest BCUT2D eigenvalue weighted by Crippen LogP contribution is -2.57. The van der Waals surface area contributed by atoms with Crippen molar-refractivity contribution in [1.82, 2.24) is 4.98 Å². The Morgan fingerprint density at radius 3 is 2.40 bits per heavy atom. The number of thiocarbonyl (C=S) groups is 1. The second kappa shape index (κ2) is 8.52. The van der Waals surface area contributed by atoms with Gasteiger partial charge in [-0.1, -0.05) is 24.3 Å². The minimum atomic E-state index is -4.78. The summed E-state index contributed by atoms with van der Waals surface area (Å²) >= 11 is 5.70. The molecule has 3 aromatic rings. The third-order valence-corrected chi connectivity index (χ3v) is 6.78. The molecule has 1 aromatic heterocycles. The summed E-state index contributed by atoms with van der Waals surface area (Å²) in [7, 11) is 0. The molecule has 1 atom stereocenters. The fourth-order valence-electron chi connectivity index (χ4n) is 4.60. The topological polar surface area (TPSA) is 72.6 Å². The molecule has 1 unspecified atom stereocenters. The Bertz CT molecular complexity index is 1320. The predicted molar refractivity (Wildman–Crippen MR) is 127 cm³/mol. The van der Waals surface area contributed by atoms with Gasteiger partial charge < -0.3 is 14.7 Å². The number of halogens is 3. The van der Waals surface area contributed by atoms with Crippen molar-refractivity contribution in [3.63, 3.8) is 0 Å². The molecule has 0 radical (unpaired) electrons. The van der Waals surface area contributed by atoms with E-state index < -0.39 is 29.2 Å². The van der Waals surface area contributed by atoms with Crippen molar-refractivity contribution >= 4 is 28.7 Å². The van der Waals surface area contributed by atoms with E-state index in [9.17, 15) is 18.3 Å². The third-order valence-electron chi connectivity index (χ3n) is 6.40. The van der Waals surface area contributed by atoms with Crippen molar-refractivity contribution in [2.45, 2.75) is 37.2 Å². The van der Waals surface area contributed by atoms with E-state index in [-0.39, 0.29) is 10.8 Å². The highest BCUT2D eigenvalue weighted by molar-refractivity contribution is 7.80. The average Bonchev–Trinajstić information content (AvgIpc) is 3.05. The van der Waals surface area contributed by atoms with Gasteiger partial charge in [-0.05, 0) is 61.8 Å². The maximum atomic E-state index is 13.6. The molecule has 6 nitrogen and oxygen atoms in total. The lowest BCUT2D eigenvalue weighted by molar-refractivity contribution is -0.138. The molecule has 2 fully saturated rings. The number of nitriles is 1. The number of aliphatic hydroxyl groups excluding tert-OH is 1. The van der Waals surface area contributed by atoms with Crippen LogP contribution in [0.15, 0.2) is 66.9 Å². The number of pyridine rings is 1. The molecule has 0 amide bonds. The molecule has 35 heavy (non-hydrogen) atoms. The van der Waals surface area contributed by atoms with E-state index in [1.807, 2.05) is 36.4 Å². The summed E-state index contributed by atoms with van der Waals surface area (Å²) in [5, 5.41) is 20.6. The van der Waals surface area contributed by atoms with Gasteiger partial charge in [0, 0.05) is 11.8 Å². The maximum absolute atomic E-state index is 13.6. The number of para-hydroxylation sites is 1. The number of hydrogen-bond donors (Lipinski definition) is 1. The zero-order valence-corrected chi connectivity index (χ0v) is 19.1. The van der Waals surface area contributed by atoms with Gasteiger partial charge in [-0.2, -0.15) is 18.4 Å². The van der Waals surface area contributed by atoms with Crippen molar-refractivity contribution in [2.75, 3.05) is 9.80 Å². The average molecular weight is 497 g/mol. The summed E-state index contributed by atoms with van der Waals surface area (Å²) in [6.45, 7) is 0. The minimum Gasteiger partial charge on any atom is -0.457 e. The number of anilines is 2. The van der Waals surface area contributed by atoms with Crippen molar-refractivity contribution in [3.05, 3.63) is 78.1 Å². The van der Waals surface area contributed by atoms with Crippen molar-refractivity contribution in [2.24, 2.45) is 0 Å². The first-order valence-corrected chi connectivity index (χ1v) is 11.3. The van der Waals surface area contributed by atoms with Crippen LogP contribution in [0.2, 0.25) is 0 Å². The van der Waals surface area contributed by atoms with E-state index in [0.717, 1.165) is 18.7 Å². The van der Waals surface area contributed by atoms with Crippen LogP contribution in [0.5, 0.6) is 11.5 Å². The summed E-state index contributed by atoms with van der Waals surface area (Å²) in [6, 6.07) is 18.7. The molecule has 2 aliphatic rings. The molecule has 1 saturated carbocycles. The molecular formula is C25H19F3N4O2S. The first-order valence-electron chi connectivity index (χ1n) is 10.9. The maximum Gasteiger partial charge on any atom is 0.419 e. The number of rotatable bonds is 4. The van der Waals surface area contributed by atoms with E-state index in [4.69, 9.17) is 22.2 Å². The monoisotopic (exact) mass is 496 g/mol. The highest BCUT2D eigenvalue weighted by atomic mass is 32.1. The molecule has 1 saturated heterocycles. The van der Waals surface area contributed by atoms with Crippen LogP contribution in [-0.2, 0) is 6.18 Å². The molecule has 1 aliphatic heterocycles. The van der Waals surface area contributed by atoms with E-state index >= 15 is 0 Å². The number of aromatic nitrogens is 1. The predicted octanol–water partition coefficient (Wildman–Crippen LogP) is 5.62. The Morgan fingerprint density at radius 2 is 1.77 bits per heavy atom. The zero-order valence-electron chi connectivity index (χ0n) is 18.2. The molecule has 5 rings (SSSR count). The van der Waals surface area contributed by atoms with Crippen LogP contribution in [0.3, 0.4) is 0 Å². The van der Waals surface area contributed by atoms with E-state index in [1.54, 1.807) is 23.1 Å². The standard InChI is InChI=1S/C25H19F3N4O2S/c26-25(27,28)20-13-17(15-30-21(20)14-29)31-22(33)24(10-5-11-24)32(23(31)35)16-6-4-9-19(12-16)34-18-7-2-1-3-8-18/h1-4,6-9,12-13,15,22,33H,5,10-11H2. The van der Waals surface area contributed by atoms with Gasteiger partial charge in [-0.15, -0.1) is 0 Å². The van der Waals surface area contributed by atoms with Crippen LogP contribution < -0.4 is 14.5 Å². The molecule has 1 N–H and O–H groups in total. The van der Waals surface area contributed by atoms with Gasteiger partial charge in [-0.3, -0.25) is 4.90 Å². The summed E-state index contributed by atoms with van der Waals surface area (Å²) in [6.07, 6.45) is -2.80. The van der Waals surface area contributed by atoms with Crippen LogP contribution in [0.1, 0.15) is 30.5 Å². The molecule has 1 aliphatic carbocycles. The fraction of sp³-hybridized carbons (Fsp3) is 0.240. The normalized spacial score (nSPS) is 18.9. The Morgan fingerprint density at radius 1 is 1.06 bits per heavy atom. The Balaban J connectivity index is 1.53. The van der Waals surface area contributed by atoms with Gasteiger partial charge in [0.1, 0.15) is 17.6 Å². The molecular weight excluding hydrogens is 477 g/mol. The van der Waals surface area contributed by atoms with Crippen molar-refractivity contribution < 1.29 is 23.0 Å². The molecule has 10 heteroatoms. The van der Waals surface area contributed by atoms with Gasteiger partial charge in [0.05, 0.1) is 23.0 Å². The Labute approximate surface area is 204 Å². The Hall–Kier alpha value is -3.68. The van der Waals surface area contributed by atoms with Crippen molar-refractivity contribution in [3.8, 4) is 17.6 Å². The Kier molecular flexibility index (Phi) is 5.62. The second-order valence-corrected chi connectivity index (χ2v) is 8.80. The third kappa shape index (κ3) is 3.87. The van der Waals surface area contributed by atoms with Crippen molar-refractivity contribution in [1.29, 1.82) is 5.26 Å². The first kappa shape index (κ1) is 23.1. The molecule has 2 aromatic carbocycles. The first-order chi connectivity index (χ1) is 16.7. The zero-order chi connectivity index (χ0) is 24.8. The van der Waals surface area contributed by atoms with Gasteiger partial charge in [-0.25, -0.2) is 4.98 Å². The molecule has 178 valence electrons. The number of nitrogens with zero attached hydrogens (tertiary/aromatic N) is 4. The quantitative estimate of drug-likeness (QED) is 0.470. The van der Waals surface area contributed by atoms with Gasteiger partial charge in [0.25, 0.3) is 0 Å². The summed E-state index contributed by atoms with van der Waals surface area (Å²) in [5.74, 6) is 1.20. The summed E-state index contributed by atoms with van der Waals surface area (Å²) in [4.78, 5) is 6.77. The minimum absolute atomic E-state index is 0.0284. The van der Waals surface area contributed by atoms with Crippen LogP contribution >= 0.6 is 12.2 Å². The number of aliphatic hydroxyl groups is 1. The number of alkyl halides is 3. The number of ether oxygens (including phenoxy) is 1. The molecule has 1 spiro atoms. The fourth-order valence-corrected chi connectivity index (χ4v) is 5.09.